The van der Waals surface area contributed by atoms with Gasteiger partial charge in [0.25, 0.3) is 5.91 Å². The monoisotopic (exact) mass is 438 g/mol. The molecule has 0 spiro atoms. The Kier molecular flexibility index (Phi) is 6.47. The molecule has 30 heavy (non-hydrogen) atoms. The van der Waals surface area contributed by atoms with E-state index in [1.165, 1.54) is 49.9 Å². The van der Waals surface area contributed by atoms with Crippen LogP contribution in [-0.2, 0) is 10.0 Å². The summed E-state index contributed by atoms with van der Waals surface area (Å²) in [5, 5.41) is 0. The van der Waals surface area contributed by atoms with Gasteiger partial charge in [0.05, 0.1) is 31.8 Å². The summed E-state index contributed by atoms with van der Waals surface area (Å²) in [5.41, 5.74) is 0.289. The highest BCUT2D eigenvalue weighted by Crippen LogP contribution is 2.35. The minimum Gasteiger partial charge on any atom is -0.496 e. The Balaban J connectivity index is 1.77. The molecule has 8 nitrogen and oxygen atoms in total. The lowest BCUT2D eigenvalue weighted by atomic mass is 10.1. The number of methoxy groups -OCH3 is 3. The van der Waals surface area contributed by atoms with Crippen LogP contribution >= 0.6 is 0 Å². The Morgan fingerprint density at radius 3 is 2.07 bits per heavy atom. The highest BCUT2D eigenvalue weighted by Gasteiger charge is 2.32. The molecule has 162 valence electrons. The first-order valence-corrected chi connectivity index (χ1v) is 10.6. The average molecular weight is 438 g/mol. The zero-order chi connectivity index (χ0) is 21.9. The molecule has 1 aliphatic heterocycles. The molecule has 0 N–H and O–H groups in total. The summed E-state index contributed by atoms with van der Waals surface area (Å²) in [5.74, 6) is 0.208. The third kappa shape index (κ3) is 4.19. The molecular weight excluding hydrogens is 415 g/mol. The van der Waals surface area contributed by atoms with Gasteiger partial charge in [0.1, 0.15) is 11.6 Å². The van der Waals surface area contributed by atoms with E-state index in [1.807, 2.05) is 0 Å². The molecule has 1 fully saturated rings. The number of rotatable bonds is 6. The molecule has 2 aromatic rings. The fourth-order valence-corrected chi connectivity index (χ4v) is 4.73. The molecule has 1 heterocycles. The first-order chi connectivity index (χ1) is 14.3. The molecule has 0 aliphatic carbocycles. The molecule has 1 saturated heterocycles. The Morgan fingerprint density at radius 2 is 1.50 bits per heavy atom. The number of ether oxygens (including phenoxy) is 3. The van der Waals surface area contributed by atoms with Crippen LogP contribution in [0.4, 0.5) is 4.39 Å². The predicted octanol–water partition coefficient (Wildman–Crippen LogP) is 2.00. The summed E-state index contributed by atoms with van der Waals surface area (Å²) < 4.78 is 56.0. The van der Waals surface area contributed by atoms with Crippen molar-refractivity contribution in [1.29, 1.82) is 0 Å². The minimum atomic E-state index is -3.84. The first-order valence-electron chi connectivity index (χ1n) is 9.16. The molecule has 10 heteroatoms. The molecule has 0 radical (unpaired) electrons. The molecule has 2 aromatic carbocycles. The Hall–Kier alpha value is -2.85. The van der Waals surface area contributed by atoms with Crippen molar-refractivity contribution in [2.24, 2.45) is 0 Å². The number of carbonyl (C=O) groups excluding carboxylic acids is 1. The van der Waals surface area contributed by atoms with Gasteiger partial charge in [-0.05, 0) is 18.2 Å². The summed E-state index contributed by atoms with van der Waals surface area (Å²) in [6, 6.07) is 7.98. The third-order valence-corrected chi connectivity index (χ3v) is 6.79. The second kappa shape index (κ2) is 8.88. The highest BCUT2D eigenvalue weighted by molar-refractivity contribution is 7.89. The van der Waals surface area contributed by atoms with Crippen molar-refractivity contribution in [3.63, 3.8) is 0 Å². The lowest BCUT2D eigenvalue weighted by molar-refractivity contribution is 0.0694. The van der Waals surface area contributed by atoms with Crippen molar-refractivity contribution >= 4 is 15.9 Å². The number of hydrogen-bond donors (Lipinski definition) is 0. The summed E-state index contributed by atoms with van der Waals surface area (Å²) in [6.07, 6.45) is 0. The van der Waals surface area contributed by atoms with Crippen molar-refractivity contribution in [3.8, 4) is 17.2 Å². The smallest absolute Gasteiger partial charge is 0.257 e. The van der Waals surface area contributed by atoms with Crippen LogP contribution < -0.4 is 14.2 Å². The van der Waals surface area contributed by atoms with Crippen molar-refractivity contribution in [3.05, 3.63) is 47.8 Å². The summed E-state index contributed by atoms with van der Waals surface area (Å²) in [6.45, 7) is 0.566. The zero-order valence-corrected chi connectivity index (χ0v) is 17.7. The Labute approximate surface area is 174 Å². The number of sulfonamides is 1. The maximum absolute atomic E-state index is 13.4. The minimum absolute atomic E-state index is 0.0974. The zero-order valence-electron chi connectivity index (χ0n) is 16.9. The van der Waals surface area contributed by atoms with Crippen LogP contribution in [0.2, 0.25) is 0 Å². The number of halogens is 1. The van der Waals surface area contributed by atoms with Crippen LogP contribution in [-0.4, -0.2) is 71.0 Å². The van der Waals surface area contributed by atoms with Gasteiger partial charge in [0, 0.05) is 38.3 Å². The lowest BCUT2D eigenvalue weighted by Crippen LogP contribution is -2.50. The van der Waals surface area contributed by atoms with Gasteiger partial charge in [-0.15, -0.1) is 0 Å². The van der Waals surface area contributed by atoms with Gasteiger partial charge in [0.15, 0.2) is 11.5 Å². The summed E-state index contributed by atoms with van der Waals surface area (Å²) in [7, 11) is 0.559. The second-order valence-corrected chi connectivity index (χ2v) is 8.50. The molecule has 0 atom stereocenters. The van der Waals surface area contributed by atoms with E-state index in [0.29, 0.717) is 17.2 Å². The fourth-order valence-electron chi connectivity index (χ4n) is 3.27. The van der Waals surface area contributed by atoms with E-state index in [1.54, 1.807) is 11.0 Å². The van der Waals surface area contributed by atoms with E-state index in [4.69, 9.17) is 14.2 Å². The van der Waals surface area contributed by atoms with E-state index in [9.17, 15) is 17.6 Å². The quantitative estimate of drug-likeness (QED) is 0.686. The van der Waals surface area contributed by atoms with Gasteiger partial charge < -0.3 is 19.1 Å². The number of carbonyl (C=O) groups is 1. The van der Waals surface area contributed by atoms with Gasteiger partial charge in [-0.25, -0.2) is 12.8 Å². The van der Waals surface area contributed by atoms with Crippen LogP contribution in [0.1, 0.15) is 10.4 Å². The standard InChI is InChI=1S/C20H23FN2O6S/c1-27-17-13-19(29-3)18(28-2)12-16(17)20(24)22-7-9-23(10-8-22)30(25,26)15-6-4-5-14(21)11-15/h4-6,11-13H,7-10H2,1-3H3. The van der Waals surface area contributed by atoms with Crippen LogP contribution in [0.15, 0.2) is 41.3 Å². The number of hydrogen-bond acceptors (Lipinski definition) is 6. The van der Waals surface area contributed by atoms with Crippen LogP contribution in [0.3, 0.4) is 0 Å². The van der Waals surface area contributed by atoms with Gasteiger partial charge in [-0.3, -0.25) is 4.79 Å². The summed E-state index contributed by atoms with van der Waals surface area (Å²) >= 11 is 0. The van der Waals surface area contributed by atoms with Gasteiger partial charge >= 0.3 is 0 Å². The van der Waals surface area contributed by atoms with Crippen molar-refractivity contribution < 1.29 is 31.8 Å². The Morgan fingerprint density at radius 1 is 0.900 bits per heavy atom. The van der Waals surface area contributed by atoms with E-state index < -0.39 is 15.8 Å². The van der Waals surface area contributed by atoms with Crippen molar-refractivity contribution in [1.82, 2.24) is 9.21 Å². The molecular formula is C20H23FN2O6S. The van der Waals surface area contributed by atoms with E-state index in [-0.39, 0.29) is 42.5 Å². The van der Waals surface area contributed by atoms with Gasteiger partial charge in [-0.2, -0.15) is 4.31 Å². The van der Waals surface area contributed by atoms with Crippen LogP contribution in [0, 0.1) is 5.82 Å². The second-order valence-electron chi connectivity index (χ2n) is 6.56. The molecule has 0 saturated carbocycles. The first kappa shape index (κ1) is 21.8. The van der Waals surface area contributed by atoms with E-state index in [0.717, 1.165) is 6.07 Å². The molecule has 0 bridgehead atoms. The molecule has 1 amide bonds. The Bertz CT molecular complexity index is 1040. The maximum Gasteiger partial charge on any atom is 0.257 e. The van der Waals surface area contributed by atoms with Crippen molar-refractivity contribution in [2.45, 2.75) is 4.90 Å². The van der Waals surface area contributed by atoms with Gasteiger partial charge in [0.2, 0.25) is 10.0 Å². The molecule has 0 aromatic heterocycles. The average Bonchev–Trinajstić information content (AvgIpc) is 2.77. The number of benzene rings is 2. The number of piperazine rings is 1. The SMILES string of the molecule is COc1cc(OC)c(C(=O)N2CCN(S(=O)(=O)c3cccc(F)c3)CC2)cc1OC. The largest absolute Gasteiger partial charge is 0.496 e. The predicted molar refractivity (Wildman–Crippen MR) is 107 cm³/mol. The van der Waals surface area contributed by atoms with Crippen LogP contribution in [0.5, 0.6) is 17.2 Å². The lowest BCUT2D eigenvalue weighted by Gasteiger charge is -2.34. The van der Waals surface area contributed by atoms with E-state index >= 15 is 0 Å². The highest BCUT2D eigenvalue weighted by atomic mass is 32.2. The van der Waals surface area contributed by atoms with Crippen LogP contribution in [0.25, 0.3) is 0 Å². The van der Waals surface area contributed by atoms with Gasteiger partial charge in [-0.1, -0.05) is 6.07 Å². The molecule has 3 rings (SSSR count). The topological polar surface area (TPSA) is 85.4 Å². The fraction of sp³-hybridized carbons (Fsp3) is 0.350. The summed E-state index contributed by atoms with van der Waals surface area (Å²) in [4.78, 5) is 14.5. The number of amides is 1. The van der Waals surface area contributed by atoms with E-state index in [2.05, 4.69) is 0 Å². The number of nitrogens with zero attached hydrogens (tertiary/aromatic N) is 2. The van der Waals surface area contributed by atoms with Crippen molar-refractivity contribution in [2.75, 3.05) is 47.5 Å². The molecule has 1 aliphatic rings. The normalized spacial score (nSPS) is 15.0. The molecule has 0 unspecified atom stereocenters. The maximum atomic E-state index is 13.4. The third-order valence-electron chi connectivity index (χ3n) is 4.90.